The minimum absolute atomic E-state index is 0. The van der Waals surface area contributed by atoms with Gasteiger partial charge in [-0.25, -0.2) is 0 Å². The van der Waals surface area contributed by atoms with Crippen LogP contribution < -0.4 is 10.2 Å². The van der Waals surface area contributed by atoms with Gasteiger partial charge < -0.3 is 15.3 Å². The molecule has 0 aliphatic carbocycles. The van der Waals surface area contributed by atoms with E-state index in [1.54, 1.807) is 19.1 Å². The lowest BCUT2D eigenvalue weighted by atomic mass is 10.3. The highest BCUT2D eigenvalue weighted by atomic mass is 16.5. The van der Waals surface area contributed by atoms with Crippen molar-refractivity contribution in [2.45, 2.75) is 6.92 Å². The lowest BCUT2D eigenvalue weighted by molar-refractivity contribution is 0.369. The maximum Gasteiger partial charge on any atom is 0.224 e. The molecule has 0 unspecified atom stereocenters. The molecule has 0 amide bonds. The number of rotatable bonds is 1. The van der Waals surface area contributed by atoms with Crippen molar-refractivity contribution in [1.82, 2.24) is 0 Å². The van der Waals surface area contributed by atoms with Crippen molar-refractivity contribution in [1.29, 1.82) is 0 Å². The fourth-order valence-corrected chi connectivity index (χ4v) is 0.928. The van der Waals surface area contributed by atoms with E-state index >= 15 is 0 Å². The molecule has 13 heavy (non-hydrogen) atoms. The number of hydrogen-bond acceptors (Lipinski definition) is 3. The molecule has 0 atom stereocenters. The lowest BCUT2D eigenvalue weighted by Gasteiger charge is -1.98. The first-order valence-electron chi connectivity index (χ1n) is 3.53. The second-order valence-corrected chi connectivity index (χ2v) is 2.45. The summed E-state index contributed by atoms with van der Waals surface area (Å²) in [5.41, 5.74) is 0.303. The first-order chi connectivity index (χ1) is 5.66. The van der Waals surface area contributed by atoms with Gasteiger partial charge in [0, 0.05) is 0 Å². The summed E-state index contributed by atoms with van der Waals surface area (Å²) in [7, 11) is 1.36. The number of aromatic hydroxyl groups is 1. The molecule has 0 saturated carbocycles. The van der Waals surface area contributed by atoms with Gasteiger partial charge in [-0.3, -0.25) is 4.79 Å². The van der Waals surface area contributed by atoms with E-state index in [9.17, 15) is 9.90 Å². The van der Waals surface area contributed by atoms with Crippen LogP contribution in [-0.2, 0) is 0 Å². The van der Waals surface area contributed by atoms with Gasteiger partial charge in [0.2, 0.25) is 11.2 Å². The maximum atomic E-state index is 11.1. The first-order valence-corrected chi connectivity index (χ1v) is 3.53. The van der Waals surface area contributed by atoms with Crippen LogP contribution in [0.5, 0.6) is 11.5 Å². The van der Waals surface area contributed by atoms with Crippen molar-refractivity contribution in [3.63, 3.8) is 0 Å². The van der Waals surface area contributed by atoms with E-state index in [1.807, 2.05) is 0 Å². The van der Waals surface area contributed by atoms with Crippen LogP contribution in [0.15, 0.2) is 23.0 Å². The van der Waals surface area contributed by atoms with Crippen LogP contribution in [0.3, 0.4) is 0 Å². The van der Waals surface area contributed by atoms with Crippen molar-refractivity contribution < 1.29 is 15.3 Å². The second-order valence-electron chi connectivity index (χ2n) is 2.45. The number of aryl methyl sites for hydroxylation is 1. The van der Waals surface area contributed by atoms with Crippen molar-refractivity contribution in [2.24, 2.45) is 0 Å². The molecule has 0 aromatic heterocycles. The third-order valence-corrected chi connectivity index (χ3v) is 1.61. The Kier molecular flexibility index (Phi) is 3.94. The third kappa shape index (κ3) is 2.19. The molecular formula is C9H12O4. The molecule has 0 bridgehead atoms. The average molecular weight is 184 g/mol. The Labute approximate surface area is 75.7 Å². The molecule has 0 fully saturated rings. The van der Waals surface area contributed by atoms with E-state index < -0.39 is 0 Å². The zero-order valence-corrected chi connectivity index (χ0v) is 7.50. The zero-order chi connectivity index (χ0) is 9.14. The smallest absolute Gasteiger partial charge is 0.224 e. The highest BCUT2D eigenvalue weighted by Gasteiger charge is 2.05. The van der Waals surface area contributed by atoms with E-state index in [4.69, 9.17) is 4.74 Å². The molecule has 1 aromatic carbocycles. The Morgan fingerprint density at radius 2 is 2.00 bits per heavy atom. The van der Waals surface area contributed by atoms with Gasteiger partial charge in [0.25, 0.3) is 0 Å². The molecular weight excluding hydrogens is 172 g/mol. The minimum Gasteiger partial charge on any atom is -0.504 e. The lowest BCUT2D eigenvalue weighted by Crippen LogP contribution is -2.00. The standard InChI is InChI=1S/C9H10O3.H2O/c1-6-4-3-5-7(10)9(12-2)8(6)11;/h3-5,11H,1-2H3;1H2. The molecule has 3 N–H and O–H groups in total. The predicted octanol–water partition coefficient (Wildman–Crippen LogP) is 0.245. The van der Waals surface area contributed by atoms with E-state index in [0.29, 0.717) is 5.56 Å². The summed E-state index contributed by atoms with van der Waals surface area (Å²) >= 11 is 0. The highest BCUT2D eigenvalue weighted by Crippen LogP contribution is 2.23. The molecule has 1 rings (SSSR count). The Morgan fingerprint density at radius 3 is 2.54 bits per heavy atom. The van der Waals surface area contributed by atoms with Gasteiger partial charge in [-0.2, -0.15) is 0 Å². The summed E-state index contributed by atoms with van der Waals surface area (Å²) < 4.78 is 4.75. The molecule has 0 aliphatic heterocycles. The van der Waals surface area contributed by atoms with Crippen molar-refractivity contribution >= 4 is 0 Å². The topological polar surface area (TPSA) is 78.0 Å². The quantitative estimate of drug-likeness (QED) is 0.679. The largest absolute Gasteiger partial charge is 0.504 e. The molecule has 72 valence electrons. The normalized spacial score (nSPS) is 8.77. The van der Waals surface area contributed by atoms with Crippen LogP contribution in [0.1, 0.15) is 5.56 Å². The summed E-state index contributed by atoms with van der Waals surface area (Å²) in [6, 6.07) is 4.59. The van der Waals surface area contributed by atoms with E-state index in [1.165, 1.54) is 13.2 Å². The van der Waals surface area contributed by atoms with Crippen molar-refractivity contribution in [2.75, 3.05) is 7.11 Å². The summed E-state index contributed by atoms with van der Waals surface area (Å²) in [4.78, 5) is 11.1. The van der Waals surface area contributed by atoms with Crippen LogP contribution >= 0.6 is 0 Å². The van der Waals surface area contributed by atoms with Crippen molar-refractivity contribution in [3.8, 4) is 11.5 Å². The van der Waals surface area contributed by atoms with Crippen LogP contribution in [0.4, 0.5) is 0 Å². The zero-order valence-electron chi connectivity index (χ0n) is 7.50. The first kappa shape index (κ1) is 11.4. The van der Waals surface area contributed by atoms with Gasteiger partial charge in [-0.15, -0.1) is 0 Å². The Bertz CT molecular complexity index is 346. The third-order valence-electron chi connectivity index (χ3n) is 1.61. The predicted molar refractivity (Wildman–Crippen MR) is 49.3 cm³/mol. The summed E-state index contributed by atoms with van der Waals surface area (Å²) in [6.45, 7) is 1.71. The van der Waals surface area contributed by atoms with Crippen LogP contribution in [-0.4, -0.2) is 17.7 Å². The molecule has 1 aromatic rings. The van der Waals surface area contributed by atoms with Gasteiger partial charge in [-0.05, 0) is 18.6 Å². The van der Waals surface area contributed by atoms with Gasteiger partial charge in [0.1, 0.15) is 0 Å². The summed E-state index contributed by atoms with van der Waals surface area (Å²) in [5.74, 6) is -0.0926. The number of methoxy groups -OCH3 is 1. The summed E-state index contributed by atoms with van der Waals surface area (Å²) in [6.07, 6.45) is 0. The van der Waals surface area contributed by atoms with Gasteiger partial charge in [0.15, 0.2) is 5.75 Å². The maximum absolute atomic E-state index is 11.1. The highest BCUT2D eigenvalue weighted by molar-refractivity contribution is 5.42. The molecule has 0 saturated heterocycles. The Balaban J connectivity index is 0.00000144. The van der Waals surface area contributed by atoms with Crippen LogP contribution in [0.25, 0.3) is 0 Å². The Hall–Kier alpha value is -1.55. The van der Waals surface area contributed by atoms with E-state index in [2.05, 4.69) is 0 Å². The monoisotopic (exact) mass is 184 g/mol. The molecule has 4 nitrogen and oxygen atoms in total. The second kappa shape index (κ2) is 4.47. The molecule has 0 heterocycles. The van der Waals surface area contributed by atoms with Crippen LogP contribution in [0.2, 0.25) is 0 Å². The summed E-state index contributed by atoms with van der Waals surface area (Å²) in [5, 5.41) is 9.41. The Morgan fingerprint density at radius 1 is 1.38 bits per heavy atom. The minimum atomic E-state index is -0.317. The van der Waals surface area contributed by atoms with Gasteiger partial charge in [0.05, 0.1) is 7.11 Å². The average Bonchev–Trinajstić information content (AvgIpc) is 2.14. The molecule has 4 heteroatoms. The van der Waals surface area contributed by atoms with Crippen molar-refractivity contribution in [3.05, 3.63) is 34.0 Å². The van der Waals surface area contributed by atoms with Gasteiger partial charge >= 0.3 is 0 Å². The fourth-order valence-electron chi connectivity index (χ4n) is 0.928. The molecule has 0 radical (unpaired) electrons. The van der Waals surface area contributed by atoms with E-state index in [0.717, 1.165) is 0 Å². The molecule has 0 aliphatic rings. The van der Waals surface area contributed by atoms with E-state index in [-0.39, 0.29) is 22.4 Å². The van der Waals surface area contributed by atoms with Gasteiger partial charge in [-0.1, -0.05) is 12.1 Å². The SMILES string of the molecule is COc1c(O)c(C)cccc1=O.O. The van der Waals surface area contributed by atoms with Crippen LogP contribution in [0, 0.1) is 6.92 Å². The molecule has 0 spiro atoms. The fraction of sp³-hybridized carbons (Fsp3) is 0.222. The number of ether oxygens (including phenoxy) is 1. The number of hydrogen-bond donors (Lipinski definition) is 1.